The van der Waals surface area contributed by atoms with Gasteiger partial charge in [0, 0.05) is 22.0 Å². The second kappa shape index (κ2) is 7.48. The fourth-order valence-electron chi connectivity index (χ4n) is 3.08. The lowest BCUT2D eigenvalue weighted by Crippen LogP contribution is -2.40. The molecule has 1 aliphatic rings. The van der Waals surface area contributed by atoms with Gasteiger partial charge in [0.2, 0.25) is 5.91 Å². The van der Waals surface area contributed by atoms with E-state index in [0.29, 0.717) is 28.9 Å². The maximum absolute atomic E-state index is 12.3. The summed E-state index contributed by atoms with van der Waals surface area (Å²) in [4.78, 5) is 12.3. The van der Waals surface area contributed by atoms with Crippen molar-refractivity contribution in [2.75, 3.05) is 6.54 Å². The van der Waals surface area contributed by atoms with Crippen molar-refractivity contribution in [3.8, 4) is 0 Å². The largest absolute Gasteiger partial charge is 0.353 e. The van der Waals surface area contributed by atoms with Gasteiger partial charge in [0.25, 0.3) is 0 Å². The summed E-state index contributed by atoms with van der Waals surface area (Å²) in [6.07, 6.45) is 3.80. The number of benzene rings is 1. The SMILES string of the molecule is CC(Cc1ccc(Cl)cc1Cl)NC(=O)[C@@H]1CCC[C@@H]1CN. The number of nitrogens with one attached hydrogen (secondary N) is 1. The van der Waals surface area contributed by atoms with Crippen molar-refractivity contribution in [3.63, 3.8) is 0 Å². The van der Waals surface area contributed by atoms with Gasteiger partial charge in [0.15, 0.2) is 0 Å². The number of hydrogen-bond acceptors (Lipinski definition) is 2. The molecule has 1 amide bonds. The second-order valence-electron chi connectivity index (χ2n) is 5.88. The van der Waals surface area contributed by atoms with Crippen LogP contribution in [0.4, 0.5) is 0 Å². The monoisotopic (exact) mass is 328 g/mol. The van der Waals surface area contributed by atoms with Crippen LogP contribution in [0.3, 0.4) is 0 Å². The predicted molar refractivity (Wildman–Crippen MR) is 87.7 cm³/mol. The molecule has 1 saturated carbocycles. The molecule has 0 spiro atoms. The van der Waals surface area contributed by atoms with Gasteiger partial charge in [-0.2, -0.15) is 0 Å². The van der Waals surface area contributed by atoms with Crippen LogP contribution in [0.25, 0.3) is 0 Å². The predicted octanol–water partition coefficient (Wildman–Crippen LogP) is 3.42. The summed E-state index contributed by atoms with van der Waals surface area (Å²) in [5.74, 6) is 0.523. The summed E-state index contributed by atoms with van der Waals surface area (Å²) in [5, 5.41) is 4.36. The van der Waals surface area contributed by atoms with Crippen LogP contribution >= 0.6 is 23.2 Å². The van der Waals surface area contributed by atoms with Crippen molar-refractivity contribution in [2.45, 2.75) is 38.6 Å². The zero-order valence-electron chi connectivity index (χ0n) is 12.2. The molecule has 21 heavy (non-hydrogen) atoms. The van der Waals surface area contributed by atoms with Gasteiger partial charge in [-0.05, 0) is 56.3 Å². The van der Waals surface area contributed by atoms with Gasteiger partial charge in [0.05, 0.1) is 0 Å². The molecule has 0 heterocycles. The molecule has 3 N–H and O–H groups in total. The van der Waals surface area contributed by atoms with Gasteiger partial charge in [-0.3, -0.25) is 4.79 Å². The molecule has 0 aliphatic heterocycles. The molecule has 116 valence electrons. The smallest absolute Gasteiger partial charge is 0.223 e. The zero-order chi connectivity index (χ0) is 15.4. The Bertz CT molecular complexity index is 507. The Hall–Kier alpha value is -0.770. The van der Waals surface area contributed by atoms with E-state index in [2.05, 4.69) is 5.32 Å². The molecule has 5 heteroatoms. The average Bonchev–Trinajstić information content (AvgIpc) is 2.90. The van der Waals surface area contributed by atoms with E-state index in [1.165, 1.54) is 0 Å². The van der Waals surface area contributed by atoms with E-state index in [1.54, 1.807) is 6.07 Å². The third-order valence-corrected chi connectivity index (χ3v) is 4.82. The Morgan fingerprint density at radius 3 is 2.86 bits per heavy atom. The van der Waals surface area contributed by atoms with Gasteiger partial charge < -0.3 is 11.1 Å². The highest BCUT2D eigenvalue weighted by atomic mass is 35.5. The Morgan fingerprint density at radius 2 is 2.19 bits per heavy atom. The van der Waals surface area contributed by atoms with Crippen molar-refractivity contribution in [3.05, 3.63) is 33.8 Å². The quantitative estimate of drug-likeness (QED) is 0.870. The Kier molecular flexibility index (Phi) is 5.91. The van der Waals surface area contributed by atoms with Crippen LogP contribution in [0.5, 0.6) is 0 Å². The molecule has 1 aliphatic carbocycles. The lowest BCUT2D eigenvalue weighted by atomic mass is 9.95. The minimum atomic E-state index is 0.0372. The molecular formula is C16H22Cl2N2O. The topological polar surface area (TPSA) is 55.1 Å². The van der Waals surface area contributed by atoms with Crippen molar-refractivity contribution >= 4 is 29.1 Å². The number of hydrogen-bond donors (Lipinski definition) is 2. The first-order valence-electron chi connectivity index (χ1n) is 7.45. The first-order valence-corrected chi connectivity index (χ1v) is 8.21. The molecule has 0 saturated heterocycles. The molecule has 1 aromatic carbocycles. The van der Waals surface area contributed by atoms with Crippen molar-refractivity contribution < 1.29 is 4.79 Å². The number of halogens is 2. The van der Waals surface area contributed by atoms with Crippen LogP contribution in [0.1, 0.15) is 31.7 Å². The summed E-state index contributed by atoms with van der Waals surface area (Å²) in [6, 6.07) is 5.49. The first kappa shape index (κ1) is 16.6. The first-order chi connectivity index (χ1) is 10.0. The van der Waals surface area contributed by atoms with Gasteiger partial charge in [-0.15, -0.1) is 0 Å². The molecule has 0 bridgehead atoms. The number of carbonyl (C=O) groups excluding carboxylic acids is 1. The number of carbonyl (C=O) groups is 1. The van der Waals surface area contributed by atoms with Gasteiger partial charge >= 0.3 is 0 Å². The third kappa shape index (κ3) is 4.35. The van der Waals surface area contributed by atoms with E-state index in [4.69, 9.17) is 28.9 Å². The highest BCUT2D eigenvalue weighted by Crippen LogP contribution is 2.31. The van der Waals surface area contributed by atoms with Crippen molar-refractivity contribution in [1.82, 2.24) is 5.32 Å². The highest BCUT2D eigenvalue weighted by Gasteiger charge is 2.32. The highest BCUT2D eigenvalue weighted by molar-refractivity contribution is 6.35. The van der Waals surface area contributed by atoms with E-state index in [-0.39, 0.29) is 17.9 Å². The van der Waals surface area contributed by atoms with E-state index >= 15 is 0 Å². The summed E-state index contributed by atoms with van der Waals surface area (Å²) >= 11 is 12.1. The average molecular weight is 329 g/mol. The zero-order valence-corrected chi connectivity index (χ0v) is 13.8. The fourth-order valence-corrected chi connectivity index (χ4v) is 3.57. The number of rotatable bonds is 5. The molecule has 1 aromatic rings. The van der Waals surface area contributed by atoms with E-state index < -0.39 is 0 Å². The van der Waals surface area contributed by atoms with Crippen LogP contribution in [-0.4, -0.2) is 18.5 Å². The maximum Gasteiger partial charge on any atom is 0.223 e. The van der Waals surface area contributed by atoms with Crippen LogP contribution in [0, 0.1) is 11.8 Å². The summed E-state index contributed by atoms with van der Waals surface area (Å²) < 4.78 is 0. The molecular weight excluding hydrogens is 307 g/mol. The van der Waals surface area contributed by atoms with Crippen LogP contribution < -0.4 is 11.1 Å². The van der Waals surface area contributed by atoms with Crippen LogP contribution in [0.15, 0.2) is 18.2 Å². The van der Waals surface area contributed by atoms with Crippen molar-refractivity contribution in [1.29, 1.82) is 0 Å². The Morgan fingerprint density at radius 1 is 1.43 bits per heavy atom. The lowest BCUT2D eigenvalue weighted by molar-refractivity contribution is -0.126. The van der Waals surface area contributed by atoms with Crippen molar-refractivity contribution in [2.24, 2.45) is 17.6 Å². The summed E-state index contributed by atoms with van der Waals surface area (Å²) in [7, 11) is 0. The molecule has 1 unspecified atom stereocenters. The number of nitrogens with two attached hydrogens (primary N) is 1. The second-order valence-corrected chi connectivity index (χ2v) is 6.73. The van der Waals surface area contributed by atoms with Gasteiger partial charge in [-0.1, -0.05) is 35.7 Å². The van der Waals surface area contributed by atoms with E-state index in [1.807, 2.05) is 19.1 Å². The lowest BCUT2D eigenvalue weighted by Gasteiger charge is -2.21. The van der Waals surface area contributed by atoms with Crippen LogP contribution in [-0.2, 0) is 11.2 Å². The summed E-state index contributed by atoms with van der Waals surface area (Å²) in [5.41, 5.74) is 6.74. The molecule has 1 fully saturated rings. The normalized spacial score (nSPS) is 23.0. The molecule has 2 rings (SSSR count). The third-order valence-electron chi connectivity index (χ3n) is 4.23. The minimum Gasteiger partial charge on any atom is -0.353 e. The molecule has 0 radical (unpaired) electrons. The summed E-state index contributed by atoms with van der Waals surface area (Å²) in [6.45, 7) is 2.59. The van der Waals surface area contributed by atoms with Crippen LogP contribution in [0.2, 0.25) is 10.0 Å². The minimum absolute atomic E-state index is 0.0372. The standard InChI is InChI=1S/C16H22Cl2N2O/c1-10(7-11-5-6-13(17)8-15(11)18)20-16(21)14-4-2-3-12(14)9-19/h5-6,8,10,12,14H,2-4,7,9,19H2,1H3,(H,20,21)/t10?,12-,14-/m1/s1. The number of amides is 1. The molecule has 3 atom stereocenters. The maximum atomic E-state index is 12.3. The van der Waals surface area contributed by atoms with Gasteiger partial charge in [0.1, 0.15) is 0 Å². The van der Waals surface area contributed by atoms with Gasteiger partial charge in [-0.25, -0.2) is 0 Å². The molecule has 0 aromatic heterocycles. The van der Waals surface area contributed by atoms with E-state index in [9.17, 15) is 4.79 Å². The fraction of sp³-hybridized carbons (Fsp3) is 0.562. The Balaban J connectivity index is 1.92. The molecule has 3 nitrogen and oxygen atoms in total. The van der Waals surface area contributed by atoms with E-state index in [0.717, 1.165) is 24.8 Å². The Labute approximate surface area is 136 Å².